The van der Waals surface area contributed by atoms with E-state index in [2.05, 4.69) is 10.3 Å². The Morgan fingerprint density at radius 1 is 1.31 bits per heavy atom. The number of nitrogens with one attached hydrogen (secondary N) is 1. The standard InChI is InChI=1S/C22H28FN3O2S/c1-16-20(29-15-25-16)9-11-22(28)26-12-4-5-17(14-26)8-10-21(27)24-13-18-6-2-3-7-19(18)23/h2-3,6-7,15,17H,4-5,8-14H2,1H3,(H,24,27). The summed E-state index contributed by atoms with van der Waals surface area (Å²) in [6, 6.07) is 6.46. The van der Waals surface area contributed by atoms with Gasteiger partial charge in [-0.25, -0.2) is 9.37 Å². The number of likely N-dealkylation sites (tertiary alicyclic amines) is 1. The molecule has 1 unspecified atom stereocenters. The van der Waals surface area contributed by atoms with Crippen molar-refractivity contribution >= 4 is 23.2 Å². The van der Waals surface area contributed by atoms with Crippen LogP contribution in [0.2, 0.25) is 0 Å². The van der Waals surface area contributed by atoms with Crippen LogP contribution in [0, 0.1) is 18.7 Å². The molecular weight excluding hydrogens is 389 g/mol. The minimum absolute atomic E-state index is 0.0719. The van der Waals surface area contributed by atoms with Crippen molar-refractivity contribution in [2.75, 3.05) is 13.1 Å². The number of halogens is 1. The third-order valence-electron chi connectivity index (χ3n) is 5.50. The highest BCUT2D eigenvalue weighted by Gasteiger charge is 2.24. The van der Waals surface area contributed by atoms with Crippen LogP contribution in [-0.4, -0.2) is 34.8 Å². The van der Waals surface area contributed by atoms with E-state index in [9.17, 15) is 14.0 Å². The maximum atomic E-state index is 13.6. The molecule has 2 heterocycles. The first-order chi connectivity index (χ1) is 14.0. The molecule has 1 N–H and O–H groups in total. The molecule has 1 fully saturated rings. The van der Waals surface area contributed by atoms with Gasteiger partial charge < -0.3 is 10.2 Å². The second-order valence-electron chi connectivity index (χ2n) is 7.62. The summed E-state index contributed by atoms with van der Waals surface area (Å²) in [5.41, 5.74) is 3.33. The van der Waals surface area contributed by atoms with Gasteiger partial charge in [0.25, 0.3) is 0 Å². The number of amides is 2. The molecule has 1 aliphatic heterocycles. The summed E-state index contributed by atoms with van der Waals surface area (Å²) in [6.45, 7) is 3.71. The minimum atomic E-state index is -0.303. The van der Waals surface area contributed by atoms with Crippen LogP contribution in [0.15, 0.2) is 29.8 Å². The van der Waals surface area contributed by atoms with Crippen molar-refractivity contribution in [2.24, 2.45) is 5.92 Å². The molecule has 2 aromatic rings. The molecule has 7 heteroatoms. The summed E-state index contributed by atoms with van der Waals surface area (Å²) in [5, 5.41) is 2.79. The highest BCUT2D eigenvalue weighted by atomic mass is 32.1. The zero-order chi connectivity index (χ0) is 20.6. The van der Waals surface area contributed by atoms with Crippen LogP contribution in [-0.2, 0) is 22.6 Å². The smallest absolute Gasteiger partial charge is 0.222 e. The number of benzene rings is 1. The van der Waals surface area contributed by atoms with Gasteiger partial charge in [-0.3, -0.25) is 9.59 Å². The molecule has 1 aliphatic rings. The van der Waals surface area contributed by atoms with E-state index in [1.54, 1.807) is 29.5 Å². The van der Waals surface area contributed by atoms with Crippen LogP contribution in [0.25, 0.3) is 0 Å². The average molecular weight is 418 g/mol. The van der Waals surface area contributed by atoms with Crippen molar-refractivity contribution in [3.63, 3.8) is 0 Å². The van der Waals surface area contributed by atoms with Crippen molar-refractivity contribution in [1.29, 1.82) is 0 Å². The lowest BCUT2D eigenvalue weighted by Gasteiger charge is -2.33. The Labute approximate surface area is 175 Å². The Hall–Kier alpha value is -2.28. The Morgan fingerprint density at radius 3 is 2.90 bits per heavy atom. The van der Waals surface area contributed by atoms with Crippen molar-refractivity contribution < 1.29 is 14.0 Å². The first-order valence-electron chi connectivity index (χ1n) is 10.2. The topological polar surface area (TPSA) is 62.3 Å². The molecule has 1 saturated heterocycles. The molecule has 0 saturated carbocycles. The number of thiazole rings is 1. The summed E-state index contributed by atoms with van der Waals surface area (Å²) in [4.78, 5) is 32.1. The van der Waals surface area contributed by atoms with E-state index >= 15 is 0 Å². The number of piperidine rings is 1. The predicted molar refractivity (Wildman–Crippen MR) is 112 cm³/mol. The summed E-state index contributed by atoms with van der Waals surface area (Å²) in [5.74, 6) is 0.156. The molecule has 5 nitrogen and oxygen atoms in total. The average Bonchev–Trinajstić information content (AvgIpc) is 3.15. The molecule has 2 amide bonds. The second kappa shape index (κ2) is 10.5. The molecule has 0 aliphatic carbocycles. The van der Waals surface area contributed by atoms with Gasteiger partial charge in [0.2, 0.25) is 11.8 Å². The van der Waals surface area contributed by atoms with E-state index in [0.717, 1.165) is 44.5 Å². The molecule has 1 atom stereocenters. The summed E-state index contributed by atoms with van der Waals surface area (Å²) in [6.07, 6.45) is 4.43. The van der Waals surface area contributed by atoms with Gasteiger partial charge in [-0.05, 0) is 44.6 Å². The fraction of sp³-hybridized carbons (Fsp3) is 0.500. The minimum Gasteiger partial charge on any atom is -0.352 e. The lowest BCUT2D eigenvalue weighted by atomic mass is 9.93. The summed E-state index contributed by atoms with van der Waals surface area (Å²) in [7, 11) is 0. The van der Waals surface area contributed by atoms with Crippen LogP contribution >= 0.6 is 11.3 Å². The summed E-state index contributed by atoms with van der Waals surface area (Å²) >= 11 is 1.60. The largest absolute Gasteiger partial charge is 0.352 e. The van der Waals surface area contributed by atoms with Crippen LogP contribution in [0.5, 0.6) is 0 Å². The Morgan fingerprint density at radius 2 is 2.14 bits per heavy atom. The van der Waals surface area contributed by atoms with Crippen LogP contribution in [0.1, 0.15) is 48.2 Å². The van der Waals surface area contributed by atoms with Gasteiger partial charge in [0.15, 0.2) is 0 Å². The molecule has 0 radical (unpaired) electrons. The van der Waals surface area contributed by atoms with E-state index < -0.39 is 0 Å². The maximum Gasteiger partial charge on any atom is 0.222 e. The highest BCUT2D eigenvalue weighted by molar-refractivity contribution is 7.09. The number of aromatic nitrogens is 1. The molecule has 156 valence electrons. The van der Waals surface area contributed by atoms with Gasteiger partial charge in [-0.1, -0.05) is 18.2 Å². The van der Waals surface area contributed by atoms with Gasteiger partial charge in [0.05, 0.1) is 11.2 Å². The van der Waals surface area contributed by atoms with E-state index in [4.69, 9.17) is 0 Å². The number of hydrogen-bond acceptors (Lipinski definition) is 4. The number of carbonyl (C=O) groups is 2. The number of rotatable bonds is 8. The van der Waals surface area contributed by atoms with Gasteiger partial charge in [-0.15, -0.1) is 11.3 Å². The number of carbonyl (C=O) groups excluding carboxylic acids is 2. The van der Waals surface area contributed by atoms with E-state index in [1.807, 2.05) is 17.3 Å². The van der Waals surface area contributed by atoms with Crippen LogP contribution in [0.3, 0.4) is 0 Å². The van der Waals surface area contributed by atoms with Crippen molar-refractivity contribution in [2.45, 2.75) is 52.0 Å². The Kier molecular flexibility index (Phi) is 7.75. The Bertz CT molecular complexity index is 839. The van der Waals surface area contributed by atoms with Gasteiger partial charge in [0.1, 0.15) is 5.82 Å². The molecule has 1 aromatic carbocycles. The van der Waals surface area contributed by atoms with Crippen LogP contribution in [0.4, 0.5) is 4.39 Å². The monoisotopic (exact) mass is 417 g/mol. The quantitative estimate of drug-likeness (QED) is 0.709. The van der Waals surface area contributed by atoms with Gasteiger partial charge >= 0.3 is 0 Å². The molecule has 1 aromatic heterocycles. The van der Waals surface area contributed by atoms with Crippen molar-refractivity contribution in [1.82, 2.24) is 15.2 Å². The van der Waals surface area contributed by atoms with E-state index in [1.165, 1.54) is 10.9 Å². The lowest BCUT2D eigenvalue weighted by molar-refractivity contribution is -0.133. The van der Waals surface area contributed by atoms with Crippen molar-refractivity contribution in [3.8, 4) is 0 Å². The fourth-order valence-corrected chi connectivity index (χ4v) is 4.51. The number of aryl methyl sites for hydroxylation is 2. The third-order valence-corrected chi connectivity index (χ3v) is 6.49. The van der Waals surface area contributed by atoms with E-state index in [0.29, 0.717) is 24.3 Å². The van der Waals surface area contributed by atoms with Crippen molar-refractivity contribution in [3.05, 3.63) is 51.7 Å². The lowest BCUT2D eigenvalue weighted by Crippen LogP contribution is -2.40. The first-order valence-corrected chi connectivity index (χ1v) is 11.1. The number of hydrogen-bond donors (Lipinski definition) is 1. The first kappa shape index (κ1) is 21.4. The SMILES string of the molecule is Cc1ncsc1CCC(=O)N1CCCC(CCC(=O)NCc2ccccc2F)C1. The Balaban J connectivity index is 1.38. The summed E-state index contributed by atoms with van der Waals surface area (Å²) < 4.78 is 13.6. The highest BCUT2D eigenvalue weighted by Crippen LogP contribution is 2.22. The normalized spacial score (nSPS) is 16.6. The number of nitrogens with zero attached hydrogens (tertiary/aromatic N) is 2. The predicted octanol–water partition coefficient (Wildman–Crippen LogP) is 3.86. The fourth-order valence-electron chi connectivity index (χ4n) is 3.73. The van der Waals surface area contributed by atoms with Gasteiger partial charge in [0, 0.05) is 42.9 Å². The van der Waals surface area contributed by atoms with E-state index in [-0.39, 0.29) is 24.2 Å². The molecule has 3 rings (SSSR count). The maximum absolute atomic E-state index is 13.6. The second-order valence-corrected chi connectivity index (χ2v) is 8.56. The molecule has 0 spiro atoms. The molecular formula is C22H28FN3O2S. The third kappa shape index (κ3) is 6.35. The molecule has 29 heavy (non-hydrogen) atoms. The van der Waals surface area contributed by atoms with Crippen LogP contribution < -0.4 is 5.32 Å². The molecule has 0 bridgehead atoms. The zero-order valence-corrected chi connectivity index (χ0v) is 17.6. The van der Waals surface area contributed by atoms with Gasteiger partial charge in [-0.2, -0.15) is 0 Å². The zero-order valence-electron chi connectivity index (χ0n) is 16.8.